The van der Waals surface area contributed by atoms with Gasteiger partial charge in [-0.05, 0) is 22.7 Å². The minimum Gasteiger partial charge on any atom is -0.247 e. The smallest absolute Gasteiger partial charge is 0.0162 e. The van der Waals surface area contributed by atoms with Crippen LogP contribution in [0.3, 0.4) is 0 Å². The Hall–Kier alpha value is 1.32. The van der Waals surface area contributed by atoms with Gasteiger partial charge in [0.05, 0.1) is 0 Å². The van der Waals surface area contributed by atoms with E-state index in [1.165, 1.54) is 57.1 Å². The SMILES string of the molecule is C1CCCCCSSSSNNCCCC1. The van der Waals surface area contributed by atoms with Crippen LogP contribution < -0.4 is 10.3 Å². The molecule has 0 aromatic rings. The predicted molar refractivity (Wildman–Crippen MR) is 83.3 cm³/mol. The molecule has 0 atom stereocenters. The van der Waals surface area contributed by atoms with E-state index < -0.39 is 0 Å². The van der Waals surface area contributed by atoms with Gasteiger partial charge in [0.1, 0.15) is 0 Å². The maximum absolute atomic E-state index is 3.24. The summed E-state index contributed by atoms with van der Waals surface area (Å²) in [5, 5.41) is 0. The standard InChI is InChI=1S/C10H22N2S4/c1-2-4-6-8-10-13-15-16-14-12-11-9-7-5-3-1/h11-12H,1-10H2. The lowest BCUT2D eigenvalue weighted by Crippen LogP contribution is -2.25. The van der Waals surface area contributed by atoms with E-state index in [9.17, 15) is 0 Å². The average molecular weight is 299 g/mol. The van der Waals surface area contributed by atoms with E-state index in [1.807, 2.05) is 30.4 Å². The lowest BCUT2D eigenvalue weighted by molar-refractivity contribution is 0.553. The Morgan fingerprint density at radius 1 is 0.688 bits per heavy atom. The Morgan fingerprint density at radius 2 is 1.38 bits per heavy atom. The number of nitrogens with one attached hydrogen (secondary N) is 2. The summed E-state index contributed by atoms with van der Waals surface area (Å²) >= 11 is 0. The molecule has 0 unspecified atom stereocenters. The predicted octanol–water partition coefficient (Wildman–Crippen LogP) is 4.81. The minimum absolute atomic E-state index is 1.09. The van der Waals surface area contributed by atoms with Crippen molar-refractivity contribution in [3.8, 4) is 0 Å². The summed E-state index contributed by atoms with van der Waals surface area (Å²) in [6.07, 6.45) is 11.2. The van der Waals surface area contributed by atoms with Crippen LogP contribution in [0.2, 0.25) is 0 Å². The van der Waals surface area contributed by atoms with E-state index in [2.05, 4.69) is 10.3 Å². The Balaban J connectivity index is 2.00. The van der Waals surface area contributed by atoms with Gasteiger partial charge in [0.15, 0.2) is 0 Å². The van der Waals surface area contributed by atoms with E-state index in [0.717, 1.165) is 6.54 Å². The molecule has 0 aromatic heterocycles. The molecule has 1 aliphatic heterocycles. The Bertz CT molecular complexity index is 84.8. The first-order valence-corrected chi connectivity index (χ1v) is 11.1. The van der Waals surface area contributed by atoms with Crippen molar-refractivity contribution in [1.29, 1.82) is 0 Å². The van der Waals surface area contributed by atoms with Crippen molar-refractivity contribution >= 4 is 41.4 Å². The summed E-state index contributed by atoms with van der Waals surface area (Å²) < 4.78 is 0. The summed E-state index contributed by atoms with van der Waals surface area (Å²) in [5.74, 6) is 1.30. The van der Waals surface area contributed by atoms with Crippen LogP contribution in [0.1, 0.15) is 51.4 Å². The summed E-state index contributed by atoms with van der Waals surface area (Å²) in [7, 11) is 7.36. The molecule has 0 bridgehead atoms. The lowest BCUT2D eigenvalue weighted by Gasteiger charge is -2.06. The third-order valence-corrected chi connectivity index (χ3v) is 8.29. The van der Waals surface area contributed by atoms with Gasteiger partial charge in [-0.15, -0.1) is 0 Å². The molecule has 1 aliphatic rings. The highest BCUT2D eigenvalue weighted by Crippen LogP contribution is 2.41. The second-order valence-corrected chi connectivity index (χ2v) is 9.66. The molecule has 16 heavy (non-hydrogen) atoms. The van der Waals surface area contributed by atoms with Crippen molar-refractivity contribution in [2.45, 2.75) is 51.4 Å². The zero-order valence-corrected chi connectivity index (χ0v) is 13.0. The van der Waals surface area contributed by atoms with Crippen LogP contribution in [0.5, 0.6) is 0 Å². The van der Waals surface area contributed by atoms with Crippen molar-refractivity contribution in [3.63, 3.8) is 0 Å². The largest absolute Gasteiger partial charge is 0.247 e. The molecule has 0 amide bonds. The van der Waals surface area contributed by atoms with Gasteiger partial charge in [-0.3, -0.25) is 0 Å². The first kappa shape index (κ1) is 15.4. The second kappa shape index (κ2) is 12.8. The molecule has 0 radical (unpaired) electrons. The van der Waals surface area contributed by atoms with E-state index in [0.29, 0.717) is 0 Å². The molecule has 0 aromatic carbocycles. The molecule has 1 rings (SSSR count). The van der Waals surface area contributed by atoms with Gasteiger partial charge >= 0.3 is 0 Å². The van der Waals surface area contributed by atoms with Gasteiger partial charge in [0, 0.05) is 33.1 Å². The Morgan fingerprint density at radius 3 is 2.19 bits per heavy atom. The topological polar surface area (TPSA) is 24.1 Å². The fourth-order valence-electron chi connectivity index (χ4n) is 1.60. The van der Waals surface area contributed by atoms with Gasteiger partial charge < -0.3 is 0 Å². The third kappa shape index (κ3) is 10.5. The average Bonchev–Trinajstić information content (AvgIpc) is 2.29. The highest BCUT2D eigenvalue weighted by molar-refractivity contribution is 9.25. The Labute approximate surface area is 115 Å². The van der Waals surface area contributed by atoms with E-state index in [4.69, 9.17) is 0 Å². The molecule has 1 heterocycles. The monoisotopic (exact) mass is 298 g/mol. The molecule has 96 valence electrons. The van der Waals surface area contributed by atoms with Gasteiger partial charge in [-0.25, -0.2) is 5.43 Å². The van der Waals surface area contributed by atoms with E-state index in [1.54, 1.807) is 11.0 Å². The van der Waals surface area contributed by atoms with Gasteiger partial charge in [-0.1, -0.05) is 49.3 Å². The number of rotatable bonds is 0. The summed E-state index contributed by atoms with van der Waals surface area (Å²) in [5.41, 5.74) is 3.24. The van der Waals surface area contributed by atoms with Crippen molar-refractivity contribution in [1.82, 2.24) is 10.3 Å². The molecular weight excluding hydrogens is 276 g/mol. The minimum atomic E-state index is 1.09. The van der Waals surface area contributed by atoms with Crippen molar-refractivity contribution < 1.29 is 0 Å². The molecule has 1 fully saturated rings. The zero-order chi connectivity index (χ0) is 11.3. The van der Waals surface area contributed by atoms with Gasteiger partial charge in [0.25, 0.3) is 0 Å². The van der Waals surface area contributed by atoms with Gasteiger partial charge in [-0.2, -0.15) is 4.83 Å². The molecule has 0 aliphatic carbocycles. The van der Waals surface area contributed by atoms with Crippen LogP contribution in [0.4, 0.5) is 0 Å². The summed E-state index contributed by atoms with van der Waals surface area (Å²) in [6, 6.07) is 0. The molecule has 0 saturated carbocycles. The van der Waals surface area contributed by atoms with Crippen molar-refractivity contribution in [2.75, 3.05) is 12.3 Å². The maximum Gasteiger partial charge on any atom is 0.0162 e. The first-order valence-electron chi connectivity index (χ1n) is 6.10. The lowest BCUT2D eigenvalue weighted by atomic mass is 10.1. The first-order chi connectivity index (χ1) is 8.00. The maximum atomic E-state index is 3.24. The normalized spacial score (nSPS) is 24.0. The van der Waals surface area contributed by atoms with E-state index >= 15 is 0 Å². The zero-order valence-electron chi connectivity index (χ0n) is 9.70. The van der Waals surface area contributed by atoms with Crippen LogP contribution in [-0.2, 0) is 0 Å². The second-order valence-electron chi connectivity index (χ2n) is 3.90. The van der Waals surface area contributed by atoms with Crippen LogP contribution in [0.15, 0.2) is 0 Å². The molecule has 2 N–H and O–H groups in total. The fourth-order valence-corrected chi connectivity index (χ4v) is 6.62. The van der Waals surface area contributed by atoms with Crippen molar-refractivity contribution in [3.05, 3.63) is 0 Å². The van der Waals surface area contributed by atoms with E-state index in [-0.39, 0.29) is 0 Å². The Kier molecular flexibility index (Phi) is 12.3. The summed E-state index contributed by atoms with van der Waals surface area (Å²) in [6.45, 7) is 1.09. The van der Waals surface area contributed by atoms with Crippen LogP contribution in [-0.4, -0.2) is 12.3 Å². The molecule has 6 heteroatoms. The molecule has 2 nitrogen and oxygen atoms in total. The van der Waals surface area contributed by atoms with Crippen LogP contribution >= 0.6 is 41.4 Å². The fraction of sp³-hybridized carbons (Fsp3) is 1.00. The quantitative estimate of drug-likeness (QED) is 0.492. The summed E-state index contributed by atoms with van der Waals surface area (Å²) in [4.78, 5) is 3.16. The number of hydrazine groups is 1. The number of hydrogen-bond acceptors (Lipinski definition) is 6. The van der Waals surface area contributed by atoms with Crippen LogP contribution in [0, 0.1) is 0 Å². The van der Waals surface area contributed by atoms with Crippen molar-refractivity contribution in [2.24, 2.45) is 0 Å². The highest BCUT2D eigenvalue weighted by Gasteiger charge is 1.96. The third-order valence-electron chi connectivity index (χ3n) is 2.50. The molecule has 0 spiro atoms. The van der Waals surface area contributed by atoms with Crippen LogP contribution in [0.25, 0.3) is 0 Å². The van der Waals surface area contributed by atoms with Gasteiger partial charge in [0.2, 0.25) is 0 Å². The highest BCUT2D eigenvalue weighted by atomic mass is 33.7. The number of hydrogen-bond donors (Lipinski definition) is 2. The molecular formula is C10H22N2S4. The molecule has 1 saturated heterocycles.